The number of aromatic nitrogens is 2. The van der Waals surface area contributed by atoms with Crippen molar-refractivity contribution >= 4 is 23.5 Å². The largest absolute Gasteiger partial charge is 0.494 e. The van der Waals surface area contributed by atoms with Crippen LogP contribution in [0.3, 0.4) is 0 Å². The van der Waals surface area contributed by atoms with Crippen LogP contribution in [0.4, 0.5) is 5.82 Å². The van der Waals surface area contributed by atoms with E-state index in [1.165, 1.54) is 19.5 Å². The standard InChI is InChI=1S/C22H28N6O4/c1-31-20-13-16(5-7-24-20)18(14-23)22(30)27-19-4-3-17(15-26-19)21(29)25-6-2-8-28-9-11-32-12-10-28/h3-5,7,13-15,23,30H,2,6,8-12H2,1H3,(H,25,29)(H,26,27)/b22-18-,23-14?. The topological polar surface area (TPSA) is 133 Å². The minimum Gasteiger partial charge on any atom is -0.494 e. The van der Waals surface area contributed by atoms with Gasteiger partial charge in [0.1, 0.15) is 5.82 Å². The highest BCUT2D eigenvalue weighted by Gasteiger charge is 2.12. The maximum Gasteiger partial charge on any atom is 0.252 e. The number of ether oxygens (including phenoxy) is 2. The Balaban J connectivity index is 1.54. The third kappa shape index (κ3) is 6.50. The van der Waals surface area contributed by atoms with Gasteiger partial charge in [0.2, 0.25) is 5.88 Å². The molecule has 0 aliphatic carbocycles. The molecule has 1 saturated heterocycles. The van der Waals surface area contributed by atoms with Gasteiger partial charge in [0.05, 0.1) is 31.5 Å². The highest BCUT2D eigenvalue weighted by atomic mass is 16.5. The fourth-order valence-corrected chi connectivity index (χ4v) is 3.20. The second-order valence-corrected chi connectivity index (χ2v) is 7.11. The molecule has 0 aromatic carbocycles. The molecule has 0 bridgehead atoms. The van der Waals surface area contributed by atoms with Gasteiger partial charge in [0.25, 0.3) is 5.91 Å². The molecule has 32 heavy (non-hydrogen) atoms. The average molecular weight is 441 g/mol. The van der Waals surface area contributed by atoms with Gasteiger partial charge in [-0.15, -0.1) is 0 Å². The molecular weight excluding hydrogens is 412 g/mol. The first-order chi connectivity index (χ1) is 15.6. The Hall–Kier alpha value is -3.50. The van der Waals surface area contributed by atoms with Crippen LogP contribution in [0.2, 0.25) is 0 Å². The van der Waals surface area contributed by atoms with Crippen molar-refractivity contribution in [1.29, 1.82) is 5.41 Å². The van der Waals surface area contributed by atoms with E-state index in [4.69, 9.17) is 14.9 Å². The van der Waals surface area contributed by atoms with Crippen LogP contribution in [0.5, 0.6) is 5.88 Å². The van der Waals surface area contributed by atoms with Gasteiger partial charge >= 0.3 is 0 Å². The molecule has 0 spiro atoms. The van der Waals surface area contributed by atoms with Gasteiger partial charge in [-0.2, -0.15) is 0 Å². The second kappa shape index (κ2) is 11.8. The van der Waals surface area contributed by atoms with E-state index in [-0.39, 0.29) is 17.4 Å². The monoisotopic (exact) mass is 440 g/mol. The van der Waals surface area contributed by atoms with Crippen LogP contribution in [-0.2, 0) is 4.74 Å². The number of anilines is 1. The van der Waals surface area contributed by atoms with Crippen LogP contribution in [0.1, 0.15) is 22.3 Å². The number of aliphatic hydroxyl groups excluding tert-OH is 1. The van der Waals surface area contributed by atoms with E-state index in [9.17, 15) is 9.90 Å². The number of allylic oxidation sites excluding steroid dienone is 1. The molecule has 0 saturated carbocycles. The van der Waals surface area contributed by atoms with Crippen molar-refractivity contribution in [3.63, 3.8) is 0 Å². The predicted molar refractivity (Wildman–Crippen MR) is 121 cm³/mol. The Kier molecular flexibility index (Phi) is 8.52. The van der Waals surface area contributed by atoms with E-state index < -0.39 is 0 Å². The number of methoxy groups -OCH3 is 1. The Labute approximate surface area is 186 Å². The van der Waals surface area contributed by atoms with Gasteiger partial charge in [-0.1, -0.05) is 0 Å². The van der Waals surface area contributed by atoms with Crippen LogP contribution in [0.15, 0.2) is 42.5 Å². The Morgan fingerprint density at radius 3 is 2.78 bits per heavy atom. The van der Waals surface area contributed by atoms with Crippen molar-refractivity contribution in [2.24, 2.45) is 0 Å². The molecule has 2 aromatic heterocycles. The number of amides is 1. The van der Waals surface area contributed by atoms with E-state index in [0.717, 1.165) is 45.5 Å². The van der Waals surface area contributed by atoms with E-state index in [1.54, 1.807) is 24.3 Å². The minimum absolute atomic E-state index is 0.199. The summed E-state index contributed by atoms with van der Waals surface area (Å²) in [4.78, 5) is 22.8. The lowest BCUT2D eigenvalue weighted by Crippen LogP contribution is -2.38. The fourth-order valence-electron chi connectivity index (χ4n) is 3.20. The van der Waals surface area contributed by atoms with Gasteiger partial charge in [-0.3, -0.25) is 9.69 Å². The summed E-state index contributed by atoms with van der Waals surface area (Å²) in [7, 11) is 1.49. The number of pyridine rings is 2. The molecule has 2 aromatic rings. The molecule has 170 valence electrons. The zero-order valence-electron chi connectivity index (χ0n) is 18.0. The molecule has 10 heteroatoms. The van der Waals surface area contributed by atoms with Crippen LogP contribution in [0.25, 0.3) is 5.57 Å². The molecule has 0 unspecified atom stereocenters. The Bertz CT molecular complexity index is 942. The summed E-state index contributed by atoms with van der Waals surface area (Å²) in [6.07, 6.45) is 4.85. The molecule has 1 amide bonds. The minimum atomic E-state index is -0.249. The van der Waals surface area contributed by atoms with Crippen molar-refractivity contribution in [2.75, 3.05) is 51.8 Å². The lowest BCUT2D eigenvalue weighted by atomic mass is 10.1. The predicted octanol–water partition coefficient (Wildman–Crippen LogP) is 1.93. The first-order valence-corrected chi connectivity index (χ1v) is 10.4. The lowest BCUT2D eigenvalue weighted by molar-refractivity contribution is 0.0374. The van der Waals surface area contributed by atoms with Crippen molar-refractivity contribution in [1.82, 2.24) is 20.2 Å². The molecule has 1 aliphatic heterocycles. The molecule has 1 aliphatic rings. The summed E-state index contributed by atoms with van der Waals surface area (Å²) in [6, 6.07) is 6.48. The summed E-state index contributed by atoms with van der Waals surface area (Å²) in [5.41, 5.74) is 1.23. The smallest absolute Gasteiger partial charge is 0.252 e. The van der Waals surface area contributed by atoms with Crippen LogP contribution < -0.4 is 15.4 Å². The molecule has 3 rings (SSSR count). The number of rotatable bonds is 10. The first-order valence-electron chi connectivity index (χ1n) is 10.4. The second-order valence-electron chi connectivity index (χ2n) is 7.11. The van der Waals surface area contributed by atoms with Crippen LogP contribution >= 0.6 is 0 Å². The zero-order valence-corrected chi connectivity index (χ0v) is 18.0. The SMILES string of the molecule is COc1cc(/C(C=N)=C(\O)Nc2ccc(C(=O)NCCCN3CCOCC3)cn2)ccn1. The summed E-state index contributed by atoms with van der Waals surface area (Å²) in [5, 5.41) is 23.7. The Morgan fingerprint density at radius 2 is 2.09 bits per heavy atom. The van der Waals surface area contributed by atoms with Crippen molar-refractivity contribution < 1.29 is 19.4 Å². The summed E-state index contributed by atoms with van der Waals surface area (Å²) in [6.45, 7) is 4.90. The number of hydrogen-bond acceptors (Lipinski definition) is 9. The molecule has 0 radical (unpaired) electrons. The molecule has 0 atom stereocenters. The summed E-state index contributed by atoms with van der Waals surface area (Å²) in [5.74, 6) is 0.260. The highest BCUT2D eigenvalue weighted by Crippen LogP contribution is 2.20. The van der Waals surface area contributed by atoms with Crippen molar-refractivity contribution in [3.8, 4) is 5.88 Å². The third-order valence-corrected chi connectivity index (χ3v) is 4.97. The van der Waals surface area contributed by atoms with E-state index >= 15 is 0 Å². The van der Waals surface area contributed by atoms with Gasteiger partial charge in [0, 0.05) is 44.3 Å². The van der Waals surface area contributed by atoms with Gasteiger partial charge in [-0.05, 0) is 36.7 Å². The fraction of sp³-hybridized carbons (Fsp3) is 0.364. The highest BCUT2D eigenvalue weighted by molar-refractivity contribution is 6.09. The van der Waals surface area contributed by atoms with Crippen LogP contribution in [-0.4, -0.2) is 78.6 Å². The maximum atomic E-state index is 12.3. The summed E-state index contributed by atoms with van der Waals surface area (Å²) < 4.78 is 10.4. The zero-order chi connectivity index (χ0) is 22.8. The van der Waals surface area contributed by atoms with E-state index in [0.29, 0.717) is 29.4 Å². The average Bonchev–Trinajstić information content (AvgIpc) is 2.83. The molecule has 1 fully saturated rings. The van der Waals surface area contributed by atoms with Crippen molar-refractivity contribution in [3.05, 3.63) is 53.7 Å². The van der Waals surface area contributed by atoms with E-state index in [2.05, 4.69) is 25.5 Å². The number of carbonyl (C=O) groups is 1. The Morgan fingerprint density at radius 1 is 1.28 bits per heavy atom. The van der Waals surface area contributed by atoms with Gasteiger partial charge in [-0.25, -0.2) is 9.97 Å². The summed E-state index contributed by atoms with van der Waals surface area (Å²) >= 11 is 0. The van der Waals surface area contributed by atoms with Gasteiger partial charge < -0.3 is 30.6 Å². The van der Waals surface area contributed by atoms with Gasteiger partial charge in [0.15, 0.2) is 5.88 Å². The number of hydrogen-bond donors (Lipinski definition) is 4. The molecule has 4 N–H and O–H groups in total. The number of morpholine rings is 1. The van der Waals surface area contributed by atoms with Crippen molar-refractivity contribution in [2.45, 2.75) is 6.42 Å². The maximum absolute atomic E-state index is 12.3. The number of nitrogens with one attached hydrogen (secondary N) is 3. The van der Waals surface area contributed by atoms with E-state index in [1.807, 2.05) is 0 Å². The number of carbonyl (C=O) groups excluding carboxylic acids is 1. The third-order valence-electron chi connectivity index (χ3n) is 4.97. The normalized spacial score (nSPS) is 14.9. The molecular formula is C22H28N6O4. The van der Waals surface area contributed by atoms with Crippen LogP contribution in [0, 0.1) is 5.41 Å². The first kappa shape index (κ1) is 23.2. The molecule has 10 nitrogen and oxygen atoms in total. The quantitative estimate of drug-likeness (QED) is 0.250. The number of aliphatic hydroxyl groups is 1. The lowest BCUT2D eigenvalue weighted by Gasteiger charge is -2.26. The molecule has 3 heterocycles. The number of nitrogens with zero attached hydrogens (tertiary/aromatic N) is 3.